The van der Waals surface area contributed by atoms with Crippen LogP contribution in [0.5, 0.6) is 0 Å². The van der Waals surface area contributed by atoms with Gasteiger partial charge in [-0.1, -0.05) is 32.0 Å². The molecule has 0 spiro atoms. The normalized spacial score (nSPS) is 38.3. The van der Waals surface area contributed by atoms with Gasteiger partial charge in [-0.15, -0.1) is 0 Å². The minimum atomic E-state index is -2.24. The van der Waals surface area contributed by atoms with Crippen LogP contribution in [0.2, 0.25) is 0 Å². The number of carbonyl (C=O) groups is 5. The molecule has 3 N–H and O–H groups in total. The van der Waals surface area contributed by atoms with E-state index in [2.05, 4.69) is 0 Å². The highest BCUT2D eigenvalue weighted by molar-refractivity contribution is 6.40. The van der Waals surface area contributed by atoms with Crippen molar-refractivity contribution < 1.29 is 63.0 Å². The highest BCUT2D eigenvalue weighted by Crippen LogP contribution is 2.63. The number of carbonyl (C=O) groups excluding carboxylic acids is 5. The number of rotatable bonds is 6. The van der Waals surface area contributed by atoms with E-state index in [9.17, 15) is 39.3 Å². The molecule has 0 aromatic heterocycles. The van der Waals surface area contributed by atoms with Crippen molar-refractivity contribution in [3.63, 3.8) is 0 Å². The maximum Gasteiger partial charge on any atom is 0.363 e. The Kier molecular flexibility index (Phi) is 8.75. The van der Waals surface area contributed by atoms with E-state index < -0.39 is 106 Å². The van der Waals surface area contributed by atoms with Crippen LogP contribution >= 0.6 is 0 Å². The Morgan fingerprint density at radius 3 is 2.21 bits per heavy atom. The van der Waals surface area contributed by atoms with Crippen molar-refractivity contribution >= 4 is 29.5 Å². The van der Waals surface area contributed by atoms with E-state index >= 15 is 0 Å². The fraction of sp³-hybridized carbons (Fsp3) is 0.676. The molecule has 0 radical (unpaired) electrons. The molecule has 13 nitrogen and oxygen atoms in total. The van der Waals surface area contributed by atoms with Crippen LogP contribution in [-0.4, -0.2) is 98.9 Å². The molecule has 10 atom stereocenters. The molecule has 4 aliphatic rings. The third-order valence-corrected chi connectivity index (χ3v) is 10.7. The number of benzene rings is 1. The van der Waals surface area contributed by atoms with E-state index in [1.807, 2.05) is 0 Å². The molecule has 13 heteroatoms. The smallest absolute Gasteiger partial charge is 0.363 e. The Morgan fingerprint density at radius 1 is 1.02 bits per heavy atom. The van der Waals surface area contributed by atoms with Crippen LogP contribution in [0.1, 0.15) is 78.1 Å². The van der Waals surface area contributed by atoms with Gasteiger partial charge in [0.05, 0.1) is 35.2 Å². The summed E-state index contributed by atoms with van der Waals surface area (Å²) < 4.78 is 28.8. The maximum absolute atomic E-state index is 14.5. The summed E-state index contributed by atoms with van der Waals surface area (Å²) in [6.07, 6.45) is -8.23. The van der Waals surface area contributed by atoms with Gasteiger partial charge >= 0.3 is 17.9 Å². The van der Waals surface area contributed by atoms with Crippen LogP contribution < -0.4 is 0 Å². The Hall–Kier alpha value is -3.23. The molecule has 47 heavy (non-hydrogen) atoms. The van der Waals surface area contributed by atoms with Crippen molar-refractivity contribution in [2.75, 3.05) is 6.61 Å². The molecule has 4 fully saturated rings. The third-order valence-electron chi connectivity index (χ3n) is 10.7. The second-order valence-electron chi connectivity index (χ2n) is 15.0. The first kappa shape index (κ1) is 35.1. The molecule has 258 valence electrons. The fourth-order valence-corrected chi connectivity index (χ4v) is 8.16. The third kappa shape index (κ3) is 5.59. The lowest BCUT2D eigenvalue weighted by Gasteiger charge is -2.67. The van der Waals surface area contributed by atoms with Gasteiger partial charge in [0.25, 0.3) is 6.29 Å². The van der Waals surface area contributed by atoms with Gasteiger partial charge in [-0.25, -0.2) is 9.59 Å². The molecule has 0 amide bonds. The summed E-state index contributed by atoms with van der Waals surface area (Å²) >= 11 is 0. The predicted octanol–water partition coefficient (Wildman–Crippen LogP) is 1.66. The Labute approximate surface area is 272 Å². The molecule has 1 aromatic carbocycles. The monoisotopic (exact) mass is 660 g/mol. The number of hydrogen-bond acceptors (Lipinski definition) is 13. The second kappa shape index (κ2) is 11.7. The lowest BCUT2D eigenvalue weighted by Crippen LogP contribution is -2.82. The number of esters is 3. The minimum absolute atomic E-state index is 0.108. The summed E-state index contributed by atoms with van der Waals surface area (Å²) in [5.74, 6) is -7.52. The average molecular weight is 661 g/mol. The molecule has 1 saturated heterocycles. The van der Waals surface area contributed by atoms with Gasteiger partial charge in [0.1, 0.15) is 23.9 Å². The molecule has 1 heterocycles. The molecule has 1 aromatic rings. The summed E-state index contributed by atoms with van der Waals surface area (Å²) in [5, 5.41) is 35.0. The van der Waals surface area contributed by atoms with Crippen molar-refractivity contribution in [1.82, 2.24) is 0 Å². The summed E-state index contributed by atoms with van der Waals surface area (Å²) in [6.45, 7) is 10.2. The first-order valence-corrected chi connectivity index (χ1v) is 15.8. The summed E-state index contributed by atoms with van der Waals surface area (Å²) in [5.41, 5.74) is -8.25. The van der Waals surface area contributed by atoms with E-state index in [1.54, 1.807) is 52.8 Å². The zero-order valence-corrected chi connectivity index (χ0v) is 27.7. The van der Waals surface area contributed by atoms with Gasteiger partial charge < -0.3 is 39.0 Å². The lowest BCUT2D eigenvalue weighted by atomic mass is 9.43. The number of ketones is 2. The topological polar surface area (TPSA) is 192 Å². The van der Waals surface area contributed by atoms with E-state index in [4.69, 9.17) is 23.7 Å². The standard InChI is InChI=1S/C34H44O13/c1-17(35)46-33-16-43-22(33)14-21(36)32(7)24(33)26(45-27(39)18-11-9-8-10-12-18)34(42)15-19(44-28(40)29(41)47-30(2,3)4)13-20(31(34,5)6)23(37)25(32)38/h8-12,19-22,24,26,29,36,41-42H,13-16H2,1-7H3/t19?,20?,21-,22+,24?,26?,29?,32+,33-,34+/m0/s1. The number of ether oxygens (including phenoxy) is 5. The fourth-order valence-electron chi connectivity index (χ4n) is 8.16. The van der Waals surface area contributed by atoms with E-state index in [0.29, 0.717) is 0 Å². The zero-order chi connectivity index (χ0) is 34.9. The molecular weight excluding hydrogens is 616 g/mol. The lowest BCUT2D eigenvalue weighted by molar-refractivity contribution is -0.348. The van der Waals surface area contributed by atoms with Gasteiger partial charge in [-0.3, -0.25) is 14.4 Å². The first-order valence-electron chi connectivity index (χ1n) is 15.8. The molecule has 2 bridgehead atoms. The average Bonchev–Trinajstić information content (AvgIpc) is 2.97. The maximum atomic E-state index is 14.5. The number of aliphatic hydroxyl groups excluding tert-OH is 2. The Balaban J connectivity index is 1.69. The van der Waals surface area contributed by atoms with Crippen LogP contribution in [0.4, 0.5) is 0 Å². The van der Waals surface area contributed by atoms with E-state index in [-0.39, 0.29) is 25.0 Å². The first-order chi connectivity index (χ1) is 21.7. The van der Waals surface area contributed by atoms with Gasteiger partial charge in [0.15, 0.2) is 5.60 Å². The largest absolute Gasteiger partial charge is 0.458 e. The summed E-state index contributed by atoms with van der Waals surface area (Å²) in [6, 6.07) is 7.89. The number of Topliss-reactive ketones (excluding diaryl/α,β-unsaturated/α-hetero) is 2. The molecule has 5 unspecified atom stereocenters. The van der Waals surface area contributed by atoms with Crippen molar-refractivity contribution in [1.29, 1.82) is 0 Å². The molecule has 3 aliphatic carbocycles. The number of aliphatic hydroxyl groups is 3. The number of fused-ring (bicyclic) bond motifs is 5. The number of hydrogen-bond donors (Lipinski definition) is 3. The highest BCUT2D eigenvalue weighted by atomic mass is 16.7. The van der Waals surface area contributed by atoms with Crippen LogP contribution in [0.25, 0.3) is 0 Å². The van der Waals surface area contributed by atoms with Crippen LogP contribution in [0.3, 0.4) is 0 Å². The van der Waals surface area contributed by atoms with Crippen molar-refractivity contribution in [2.24, 2.45) is 22.7 Å². The molecule has 1 aliphatic heterocycles. The van der Waals surface area contributed by atoms with E-state index in [1.165, 1.54) is 19.1 Å². The molecule has 3 saturated carbocycles. The second-order valence-corrected chi connectivity index (χ2v) is 15.0. The van der Waals surface area contributed by atoms with E-state index in [0.717, 1.165) is 6.92 Å². The van der Waals surface area contributed by atoms with Crippen LogP contribution in [0, 0.1) is 22.7 Å². The quantitative estimate of drug-likeness (QED) is 0.173. The zero-order valence-electron chi connectivity index (χ0n) is 27.7. The Bertz CT molecular complexity index is 1450. The van der Waals surface area contributed by atoms with Gasteiger partial charge in [-0.2, -0.15) is 0 Å². The summed E-state index contributed by atoms with van der Waals surface area (Å²) in [4.78, 5) is 68.2. The van der Waals surface area contributed by atoms with Gasteiger partial charge in [0, 0.05) is 31.1 Å². The SMILES string of the molecule is CC(=O)O[C@@]12CO[C@@H]1C[C@H](O)[C@@]1(C)C(=O)C(=O)C3CC(OC(=O)C(O)OC(C)(C)C)C[C@@](O)(C(OC(=O)c4ccccc4)C12)C3(C)C. The van der Waals surface area contributed by atoms with Crippen molar-refractivity contribution in [2.45, 2.75) is 115 Å². The van der Waals surface area contributed by atoms with Crippen molar-refractivity contribution in [3.8, 4) is 0 Å². The minimum Gasteiger partial charge on any atom is -0.458 e. The molecule has 5 rings (SSSR count). The summed E-state index contributed by atoms with van der Waals surface area (Å²) in [7, 11) is 0. The van der Waals surface area contributed by atoms with Crippen LogP contribution in [-0.2, 0) is 42.9 Å². The predicted molar refractivity (Wildman–Crippen MR) is 160 cm³/mol. The Morgan fingerprint density at radius 2 is 1.66 bits per heavy atom. The molecular formula is C34H44O13. The van der Waals surface area contributed by atoms with Crippen LogP contribution in [0.15, 0.2) is 30.3 Å². The van der Waals surface area contributed by atoms with Crippen molar-refractivity contribution in [3.05, 3.63) is 35.9 Å². The highest BCUT2D eigenvalue weighted by Gasteiger charge is 2.78. The van der Waals surface area contributed by atoms with Gasteiger partial charge in [-0.05, 0) is 46.2 Å². The van der Waals surface area contributed by atoms with Gasteiger partial charge in [0.2, 0.25) is 11.6 Å².